The highest BCUT2D eigenvalue weighted by Crippen LogP contribution is 2.35. The molecule has 0 amide bonds. The lowest BCUT2D eigenvalue weighted by Crippen LogP contribution is -1.99. The van der Waals surface area contributed by atoms with Crippen molar-refractivity contribution in [1.29, 1.82) is 0 Å². The second-order valence-electron chi connectivity index (χ2n) is 5.81. The number of nitrogens with zero attached hydrogens (tertiary/aromatic N) is 4. The maximum Gasteiger partial charge on any atom is 0.191 e. The minimum atomic E-state index is 0.745. The van der Waals surface area contributed by atoms with E-state index < -0.39 is 0 Å². The molecule has 1 aromatic carbocycles. The van der Waals surface area contributed by atoms with E-state index in [4.69, 9.17) is 9.72 Å². The first-order chi connectivity index (χ1) is 13.7. The van der Waals surface area contributed by atoms with Crippen LogP contribution in [0, 0.1) is 0 Å². The third-order valence-corrected chi connectivity index (χ3v) is 7.35. The van der Waals surface area contributed by atoms with Gasteiger partial charge < -0.3 is 9.30 Å². The van der Waals surface area contributed by atoms with Crippen LogP contribution in [0.5, 0.6) is 5.75 Å². The molecule has 0 saturated heterocycles. The van der Waals surface area contributed by atoms with Crippen molar-refractivity contribution >= 4 is 50.4 Å². The molecule has 0 atom stereocenters. The molecule has 0 aliphatic carbocycles. The molecule has 144 valence electrons. The third kappa shape index (κ3) is 4.03. The number of benzene rings is 1. The predicted octanol–water partition coefficient (Wildman–Crippen LogP) is 6.21. The number of halogens is 1. The van der Waals surface area contributed by atoms with Gasteiger partial charge in [0, 0.05) is 22.2 Å². The summed E-state index contributed by atoms with van der Waals surface area (Å²) in [5.41, 5.74) is 2.02. The molecule has 0 aliphatic heterocycles. The van der Waals surface area contributed by atoms with Crippen LogP contribution in [0.2, 0.25) is 0 Å². The molecule has 0 spiro atoms. The predicted molar refractivity (Wildman–Crippen MR) is 120 cm³/mol. The average Bonchev–Trinajstić information content (AvgIpc) is 3.46. The smallest absolute Gasteiger partial charge is 0.191 e. The summed E-state index contributed by atoms with van der Waals surface area (Å²) in [5, 5.41) is 14.8. The van der Waals surface area contributed by atoms with Crippen LogP contribution < -0.4 is 4.74 Å². The minimum Gasteiger partial charge on any atom is -0.496 e. The number of thiazole rings is 1. The third-order valence-electron chi connectivity index (χ3n) is 4.07. The quantitative estimate of drug-likeness (QED) is 0.287. The second kappa shape index (κ2) is 8.77. The summed E-state index contributed by atoms with van der Waals surface area (Å²) in [6, 6.07) is 10.1. The summed E-state index contributed by atoms with van der Waals surface area (Å²) >= 11 is 8.49. The Labute approximate surface area is 183 Å². The van der Waals surface area contributed by atoms with Crippen molar-refractivity contribution in [3.05, 3.63) is 51.3 Å². The summed E-state index contributed by atoms with van der Waals surface area (Å²) in [4.78, 5) is 5.94. The number of hydrogen-bond acceptors (Lipinski definition) is 7. The van der Waals surface area contributed by atoms with Crippen molar-refractivity contribution in [1.82, 2.24) is 19.7 Å². The molecule has 0 saturated carbocycles. The van der Waals surface area contributed by atoms with Crippen molar-refractivity contribution in [2.45, 2.75) is 24.4 Å². The van der Waals surface area contributed by atoms with Gasteiger partial charge in [0.1, 0.15) is 10.8 Å². The van der Waals surface area contributed by atoms with Gasteiger partial charge in [-0.2, -0.15) is 0 Å². The molecule has 5 nitrogen and oxygen atoms in total. The molecular formula is C19H17BrN4OS3. The number of methoxy groups -OCH3 is 1. The first kappa shape index (κ1) is 19.6. The van der Waals surface area contributed by atoms with Crippen molar-refractivity contribution < 1.29 is 4.74 Å². The zero-order valence-corrected chi connectivity index (χ0v) is 19.3. The molecule has 0 aliphatic rings. The number of aromatic nitrogens is 4. The van der Waals surface area contributed by atoms with E-state index in [1.165, 1.54) is 0 Å². The Morgan fingerprint density at radius 2 is 2.11 bits per heavy atom. The van der Waals surface area contributed by atoms with Crippen LogP contribution in [0.15, 0.2) is 50.7 Å². The molecule has 0 N–H and O–H groups in total. The summed E-state index contributed by atoms with van der Waals surface area (Å²) in [5.74, 6) is 2.50. The van der Waals surface area contributed by atoms with E-state index in [1.807, 2.05) is 24.3 Å². The van der Waals surface area contributed by atoms with Crippen LogP contribution in [0.3, 0.4) is 0 Å². The van der Waals surface area contributed by atoms with Crippen LogP contribution in [0.1, 0.15) is 12.6 Å². The standard InChI is InChI=1S/C19H17BrN4OS3/c1-3-24-17(16-5-4-8-26-16)22-23-19(24)28-11-13-10-27-18(21-13)14-9-12(20)6-7-15(14)25-2/h4-10H,3,11H2,1-2H3. The van der Waals surface area contributed by atoms with Gasteiger partial charge in [0.05, 0.1) is 23.2 Å². The molecule has 0 radical (unpaired) electrons. The fourth-order valence-electron chi connectivity index (χ4n) is 2.75. The minimum absolute atomic E-state index is 0.745. The van der Waals surface area contributed by atoms with Crippen molar-refractivity contribution in [2.75, 3.05) is 7.11 Å². The van der Waals surface area contributed by atoms with Crippen LogP contribution in [0.4, 0.5) is 0 Å². The van der Waals surface area contributed by atoms with Crippen LogP contribution in [-0.4, -0.2) is 26.9 Å². The van der Waals surface area contributed by atoms with Gasteiger partial charge in [0.2, 0.25) is 0 Å². The van der Waals surface area contributed by atoms with E-state index in [2.05, 4.69) is 54.4 Å². The maximum absolute atomic E-state index is 5.48. The van der Waals surface area contributed by atoms with E-state index in [1.54, 1.807) is 41.5 Å². The zero-order valence-electron chi connectivity index (χ0n) is 15.3. The van der Waals surface area contributed by atoms with Crippen LogP contribution in [-0.2, 0) is 12.3 Å². The molecule has 3 heterocycles. The second-order valence-corrected chi connectivity index (χ2v) is 9.47. The van der Waals surface area contributed by atoms with Crippen LogP contribution >= 0.6 is 50.4 Å². The number of ether oxygens (including phenoxy) is 1. The topological polar surface area (TPSA) is 52.8 Å². The molecule has 9 heteroatoms. The SMILES string of the molecule is CCn1c(SCc2csc(-c3cc(Br)ccc3OC)n2)nnc1-c1cccs1. The van der Waals surface area contributed by atoms with Gasteiger partial charge in [0.15, 0.2) is 11.0 Å². The first-order valence-corrected chi connectivity index (χ1v) is 12.1. The molecule has 0 bridgehead atoms. The Morgan fingerprint density at radius 1 is 1.21 bits per heavy atom. The van der Waals surface area contributed by atoms with Gasteiger partial charge in [-0.25, -0.2) is 4.98 Å². The van der Waals surface area contributed by atoms with E-state index in [0.29, 0.717) is 0 Å². The Bertz CT molecular complexity index is 1070. The Morgan fingerprint density at radius 3 is 2.86 bits per heavy atom. The zero-order chi connectivity index (χ0) is 19.5. The first-order valence-electron chi connectivity index (χ1n) is 8.57. The lowest BCUT2D eigenvalue weighted by Gasteiger charge is -2.06. The number of rotatable bonds is 7. The van der Waals surface area contributed by atoms with E-state index >= 15 is 0 Å². The molecule has 3 aromatic heterocycles. The highest BCUT2D eigenvalue weighted by Gasteiger charge is 2.15. The number of hydrogen-bond donors (Lipinski definition) is 0. The highest BCUT2D eigenvalue weighted by atomic mass is 79.9. The number of thioether (sulfide) groups is 1. The fraction of sp³-hybridized carbons (Fsp3) is 0.211. The molecule has 4 rings (SSSR count). The van der Waals surface area contributed by atoms with E-state index in [9.17, 15) is 0 Å². The van der Waals surface area contributed by atoms with Gasteiger partial charge in [-0.15, -0.1) is 32.9 Å². The van der Waals surface area contributed by atoms with Crippen LogP contribution in [0.25, 0.3) is 21.3 Å². The summed E-state index contributed by atoms with van der Waals surface area (Å²) in [7, 11) is 1.68. The average molecular weight is 493 g/mol. The number of thiophene rings is 1. The Kier molecular flexibility index (Phi) is 6.15. The highest BCUT2D eigenvalue weighted by molar-refractivity contribution is 9.10. The van der Waals surface area contributed by atoms with Gasteiger partial charge in [0.25, 0.3) is 0 Å². The van der Waals surface area contributed by atoms with Gasteiger partial charge in [-0.05, 0) is 36.6 Å². The fourth-order valence-corrected chi connectivity index (χ4v) is 5.67. The Balaban J connectivity index is 1.52. The van der Waals surface area contributed by atoms with Gasteiger partial charge in [-0.1, -0.05) is 33.8 Å². The summed E-state index contributed by atoms with van der Waals surface area (Å²) in [6.45, 7) is 2.95. The molecule has 4 aromatic rings. The molecular weight excluding hydrogens is 476 g/mol. The summed E-state index contributed by atoms with van der Waals surface area (Å²) < 4.78 is 8.64. The lowest BCUT2D eigenvalue weighted by atomic mass is 10.2. The van der Waals surface area contributed by atoms with Gasteiger partial charge >= 0.3 is 0 Å². The van der Waals surface area contributed by atoms with Crippen molar-refractivity contribution in [2.24, 2.45) is 0 Å². The molecule has 28 heavy (non-hydrogen) atoms. The van der Waals surface area contributed by atoms with Crippen molar-refractivity contribution in [3.8, 4) is 27.0 Å². The molecule has 0 fully saturated rings. The normalized spacial score (nSPS) is 11.1. The maximum atomic E-state index is 5.48. The van der Waals surface area contributed by atoms with Gasteiger partial charge in [-0.3, -0.25) is 0 Å². The Hall–Kier alpha value is -1.68. The molecule has 0 unspecified atom stereocenters. The van der Waals surface area contributed by atoms with E-state index in [0.717, 1.165) is 54.6 Å². The summed E-state index contributed by atoms with van der Waals surface area (Å²) in [6.07, 6.45) is 0. The van der Waals surface area contributed by atoms with Crippen molar-refractivity contribution in [3.63, 3.8) is 0 Å². The largest absolute Gasteiger partial charge is 0.496 e. The monoisotopic (exact) mass is 492 g/mol. The lowest BCUT2D eigenvalue weighted by molar-refractivity contribution is 0.416. The van der Waals surface area contributed by atoms with E-state index in [-0.39, 0.29) is 0 Å².